The number of nitrogens with one attached hydrogen (secondary N) is 3. The van der Waals surface area contributed by atoms with E-state index in [9.17, 15) is 18.0 Å². The number of guanidine groups is 1. The molecule has 0 spiro atoms. The maximum atomic E-state index is 12.5. The molecule has 1 aromatic carbocycles. The molecule has 6 nitrogen and oxygen atoms in total. The van der Waals surface area contributed by atoms with Gasteiger partial charge in [0, 0.05) is 38.7 Å². The molecule has 0 fully saturated rings. The first-order valence-electron chi connectivity index (χ1n) is 8.32. The average molecular weight is 382 g/mol. The molecule has 9 heteroatoms. The second kappa shape index (κ2) is 9.65. The molecule has 0 aliphatic heterocycles. The molecular formula is C18H21F3N4O2. The highest BCUT2D eigenvalue weighted by Crippen LogP contribution is 2.28. The SMILES string of the molecule is CN=C(NCCNC(=O)c1ccc(C(F)(F)F)cc1)NCCc1ccco1. The third-order valence-corrected chi connectivity index (χ3v) is 3.64. The number of carbonyl (C=O) groups excluding carboxylic acids is 1. The lowest BCUT2D eigenvalue weighted by Crippen LogP contribution is -2.42. The van der Waals surface area contributed by atoms with Gasteiger partial charge in [0.1, 0.15) is 5.76 Å². The minimum atomic E-state index is -4.42. The van der Waals surface area contributed by atoms with Crippen LogP contribution in [0.15, 0.2) is 52.1 Å². The van der Waals surface area contributed by atoms with Crippen LogP contribution in [0.4, 0.5) is 13.2 Å². The van der Waals surface area contributed by atoms with Crippen molar-refractivity contribution in [2.75, 3.05) is 26.7 Å². The van der Waals surface area contributed by atoms with E-state index >= 15 is 0 Å². The fourth-order valence-corrected chi connectivity index (χ4v) is 2.25. The van der Waals surface area contributed by atoms with Gasteiger partial charge >= 0.3 is 6.18 Å². The van der Waals surface area contributed by atoms with Crippen LogP contribution < -0.4 is 16.0 Å². The molecule has 2 aromatic rings. The van der Waals surface area contributed by atoms with E-state index in [1.165, 1.54) is 0 Å². The molecule has 0 bridgehead atoms. The van der Waals surface area contributed by atoms with Gasteiger partial charge in [0.05, 0.1) is 11.8 Å². The highest BCUT2D eigenvalue weighted by Gasteiger charge is 2.30. The molecule has 27 heavy (non-hydrogen) atoms. The first-order valence-corrected chi connectivity index (χ1v) is 8.32. The maximum absolute atomic E-state index is 12.5. The van der Waals surface area contributed by atoms with Crippen LogP contribution in [-0.2, 0) is 12.6 Å². The first-order chi connectivity index (χ1) is 12.9. The van der Waals surface area contributed by atoms with Gasteiger partial charge in [-0.25, -0.2) is 0 Å². The summed E-state index contributed by atoms with van der Waals surface area (Å²) in [7, 11) is 1.63. The molecule has 146 valence electrons. The monoisotopic (exact) mass is 382 g/mol. The third kappa shape index (κ3) is 6.69. The lowest BCUT2D eigenvalue weighted by atomic mass is 10.1. The zero-order chi connectivity index (χ0) is 19.7. The summed E-state index contributed by atoms with van der Waals surface area (Å²) in [5.41, 5.74) is -0.617. The normalized spacial score (nSPS) is 11.9. The molecule has 1 aromatic heterocycles. The van der Waals surface area contributed by atoms with E-state index in [1.54, 1.807) is 13.3 Å². The number of benzene rings is 1. The van der Waals surface area contributed by atoms with Crippen molar-refractivity contribution in [3.63, 3.8) is 0 Å². The number of hydrogen-bond donors (Lipinski definition) is 3. The van der Waals surface area contributed by atoms with Gasteiger partial charge in [0.25, 0.3) is 5.91 Å². The number of hydrogen-bond acceptors (Lipinski definition) is 3. The zero-order valence-corrected chi connectivity index (χ0v) is 14.8. The lowest BCUT2D eigenvalue weighted by molar-refractivity contribution is -0.137. The molecule has 0 atom stereocenters. The molecular weight excluding hydrogens is 361 g/mol. The standard InChI is InChI=1S/C18H21F3N4O2/c1-22-17(24-9-8-15-3-2-12-27-15)25-11-10-23-16(26)13-4-6-14(7-5-13)18(19,20)21/h2-7,12H,8-11H2,1H3,(H,23,26)(H2,22,24,25). The Bertz CT molecular complexity index is 741. The number of furan rings is 1. The summed E-state index contributed by atoms with van der Waals surface area (Å²) < 4.78 is 42.8. The predicted octanol–water partition coefficient (Wildman–Crippen LogP) is 2.44. The van der Waals surface area contributed by atoms with E-state index in [2.05, 4.69) is 20.9 Å². The van der Waals surface area contributed by atoms with E-state index in [1.807, 2.05) is 12.1 Å². The van der Waals surface area contributed by atoms with E-state index in [4.69, 9.17) is 4.42 Å². The average Bonchev–Trinajstić information content (AvgIpc) is 3.16. The highest BCUT2D eigenvalue weighted by molar-refractivity contribution is 5.94. The second-order valence-electron chi connectivity index (χ2n) is 5.59. The molecule has 3 N–H and O–H groups in total. The Hall–Kier alpha value is -2.97. The summed E-state index contributed by atoms with van der Waals surface area (Å²) in [5.74, 6) is 0.999. The van der Waals surface area contributed by atoms with Gasteiger partial charge in [-0.3, -0.25) is 9.79 Å². The van der Waals surface area contributed by atoms with Crippen LogP contribution in [0.25, 0.3) is 0 Å². The van der Waals surface area contributed by atoms with E-state index in [-0.39, 0.29) is 5.56 Å². The Labute approximate surface area is 154 Å². The van der Waals surface area contributed by atoms with Crippen molar-refractivity contribution in [1.82, 2.24) is 16.0 Å². The Morgan fingerprint density at radius 2 is 1.70 bits per heavy atom. The molecule has 2 rings (SSSR count). The summed E-state index contributed by atoms with van der Waals surface area (Å²) in [5, 5.41) is 8.77. The Morgan fingerprint density at radius 1 is 1.04 bits per heavy atom. The lowest BCUT2D eigenvalue weighted by Gasteiger charge is -2.12. The number of amides is 1. The fourth-order valence-electron chi connectivity index (χ4n) is 2.25. The van der Waals surface area contributed by atoms with E-state index in [0.717, 1.165) is 30.0 Å². The Kier molecular flexibility index (Phi) is 7.27. The quantitative estimate of drug-likeness (QED) is 0.391. The number of halogens is 3. The Morgan fingerprint density at radius 3 is 2.30 bits per heavy atom. The fraction of sp³-hybridized carbons (Fsp3) is 0.333. The number of aliphatic imine (C=N–C) groups is 1. The van der Waals surface area contributed by atoms with Gasteiger partial charge in [0.15, 0.2) is 5.96 Å². The van der Waals surface area contributed by atoms with Crippen LogP contribution in [-0.4, -0.2) is 38.5 Å². The topological polar surface area (TPSA) is 78.7 Å². The van der Waals surface area contributed by atoms with Crippen LogP contribution in [0.2, 0.25) is 0 Å². The van der Waals surface area contributed by atoms with Crippen molar-refractivity contribution in [2.45, 2.75) is 12.6 Å². The smallest absolute Gasteiger partial charge is 0.416 e. The zero-order valence-electron chi connectivity index (χ0n) is 14.8. The molecule has 0 saturated carbocycles. The number of nitrogens with zero attached hydrogens (tertiary/aromatic N) is 1. The van der Waals surface area contributed by atoms with Gasteiger partial charge < -0.3 is 20.4 Å². The number of alkyl halides is 3. The molecule has 1 heterocycles. The largest absolute Gasteiger partial charge is 0.469 e. The third-order valence-electron chi connectivity index (χ3n) is 3.64. The van der Waals surface area contributed by atoms with Crippen molar-refractivity contribution in [1.29, 1.82) is 0 Å². The van der Waals surface area contributed by atoms with Crippen LogP contribution in [0.5, 0.6) is 0 Å². The van der Waals surface area contributed by atoms with Gasteiger partial charge in [-0.15, -0.1) is 0 Å². The molecule has 0 radical (unpaired) electrons. The second-order valence-corrected chi connectivity index (χ2v) is 5.59. The van der Waals surface area contributed by atoms with Gasteiger partial charge in [-0.05, 0) is 36.4 Å². The maximum Gasteiger partial charge on any atom is 0.416 e. The van der Waals surface area contributed by atoms with Crippen LogP contribution >= 0.6 is 0 Å². The molecule has 0 aliphatic rings. The first kappa shape index (κ1) is 20.3. The summed E-state index contributed by atoms with van der Waals surface area (Å²) in [6.07, 6.45) is -2.10. The van der Waals surface area contributed by atoms with Crippen molar-refractivity contribution in [2.24, 2.45) is 4.99 Å². The summed E-state index contributed by atoms with van der Waals surface area (Å²) in [4.78, 5) is 16.0. The van der Waals surface area contributed by atoms with Crippen LogP contribution in [0.1, 0.15) is 21.7 Å². The van der Waals surface area contributed by atoms with E-state index in [0.29, 0.717) is 32.0 Å². The molecule has 0 unspecified atom stereocenters. The number of carbonyl (C=O) groups is 1. The summed E-state index contributed by atoms with van der Waals surface area (Å²) in [6, 6.07) is 7.79. The van der Waals surface area contributed by atoms with Crippen molar-refractivity contribution in [3.8, 4) is 0 Å². The van der Waals surface area contributed by atoms with Gasteiger partial charge in [0.2, 0.25) is 0 Å². The van der Waals surface area contributed by atoms with Crippen LogP contribution in [0.3, 0.4) is 0 Å². The van der Waals surface area contributed by atoms with Gasteiger partial charge in [-0.1, -0.05) is 0 Å². The predicted molar refractivity (Wildman–Crippen MR) is 95.6 cm³/mol. The van der Waals surface area contributed by atoms with Crippen molar-refractivity contribution < 1.29 is 22.4 Å². The summed E-state index contributed by atoms with van der Waals surface area (Å²) in [6.45, 7) is 1.33. The van der Waals surface area contributed by atoms with Crippen molar-refractivity contribution in [3.05, 3.63) is 59.5 Å². The minimum absolute atomic E-state index is 0.170. The van der Waals surface area contributed by atoms with Crippen LogP contribution in [0, 0.1) is 0 Å². The molecule has 1 amide bonds. The molecule has 0 aliphatic carbocycles. The number of rotatable bonds is 7. The van der Waals surface area contributed by atoms with Crippen molar-refractivity contribution >= 4 is 11.9 Å². The highest BCUT2D eigenvalue weighted by atomic mass is 19.4. The molecule has 0 saturated heterocycles. The Balaban J connectivity index is 1.68. The van der Waals surface area contributed by atoms with E-state index < -0.39 is 17.6 Å². The summed E-state index contributed by atoms with van der Waals surface area (Å²) >= 11 is 0. The van der Waals surface area contributed by atoms with Gasteiger partial charge in [-0.2, -0.15) is 13.2 Å². The minimum Gasteiger partial charge on any atom is -0.469 e.